The summed E-state index contributed by atoms with van der Waals surface area (Å²) < 4.78 is 38.5. The van der Waals surface area contributed by atoms with Crippen molar-refractivity contribution in [3.63, 3.8) is 0 Å². The van der Waals surface area contributed by atoms with Crippen LogP contribution in [-0.4, -0.2) is 53.9 Å². The molecule has 10 heteroatoms. The quantitative estimate of drug-likeness (QED) is 0.202. The van der Waals surface area contributed by atoms with E-state index in [4.69, 9.17) is 14.4 Å². The molecule has 2 atom stereocenters. The average Bonchev–Trinajstić information content (AvgIpc) is 2.55. The molecular formula is C16H30O9S. The number of hydrogen-bond donors (Lipinski definition) is 3. The highest BCUT2D eigenvalue weighted by atomic mass is 32.3. The summed E-state index contributed by atoms with van der Waals surface area (Å²) in [5, 5.41) is 17.9. The highest BCUT2D eigenvalue weighted by Gasteiger charge is 2.38. The van der Waals surface area contributed by atoms with Crippen LogP contribution in [0.25, 0.3) is 0 Å². The first-order valence-corrected chi connectivity index (χ1v) is 10.3. The number of unbranched alkanes of at least 4 members (excludes halogenated alkanes) is 9. The maximum absolute atomic E-state index is 11.7. The van der Waals surface area contributed by atoms with Crippen molar-refractivity contribution in [1.29, 1.82) is 0 Å². The second-order valence-electron chi connectivity index (χ2n) is 6.08. The van der Waals surface area contributed by atoms with Crippen molar-refractivity contribution in [1.82, 2.24) is 0 Å². The summed E-state index contributed by atoms with van der Waals surface area (Å²) in [6.07, 6.45) is 5.88. The Hall–Kier alpha value is -1.23. The molecule has 0 heterocycles. The van der Waals surface area contributed by atoms with E-state index in [-0.39, 0.29) is 6.61 Å². The Balaban J connectivity index is 3.97. The number of carboxylic acid groups (broad SMARTS) is 1. The molecule has 154 valence electrons. The van der Waals surface area contributed by atoms with E-state index < -0.39 is 34.5 Å². The van der Waals surface area contributed by atoms with E-state index in [0.717, 1.165) is 25.7 Å². The number of ether oxygens (including phenoxy) is 1. The Morgan fingerprint density at radius 3 is 1.81 bits per heavy atom. The Morgan fingerprint density at radius 1 is 0.923 bits per heavy atom. The van der Waals surface area contributed by atoms with Gasteiger partial charge in [0, 0.05) is 0 Å². The second kappa shape index (κ2) is 13.9. The summed E-state index contributed by atoms with van der Waals surface area (Å²) in [6, 6.07) is 0. The van der Waals surface area contributed by atoms with Crippen molar-refractivity contribution in [3.8, 4) is 0 Å². The van der Waals surface area contributed by atoms with Crippen LogP contribution in [0.15, 0.2) is 0 Å². The van der Waals surface area contributed by atoms with E-state index in [9.17, 15) is 23.1 Å². The number of esters is 1. The normalized spacial score (nSPS) is 14.0. The van der Waals surface area contributed by atoms with Crippen molar-refractivity contribution < 1.29 is 41.7 Å². The molecule has 9 nitrogen and oxygen atoms in total. The fourth-order valence-electron chi connectivity index (χ4n) is 2.33. The molecule has 0 radical (unpaired) electrons. The van der Waals surface area contributed by atoms with Gasteiger partial charge in [-0.2, -0.15) is 8.42 Å². The summed E-state index contributed by atoms with van der Waals surface area (Å²) >= 11 is 0. The number of hydrogen-bond acceptors (Lipinski definition) is 7. The number of carbonyl (C=O) groups excluding carboxylic acids is 1. The lowest BCUT2D eigenvalue weighted by atomic mass is 10.1. The van der Waals surface area contributed by atoms with Crippen molar-refractivity contribution in [2.75, 3.05) is 6.61 Å². The zero-order valence-electron chi connectivity index (χ0n) is 15.1. The van der Waals surface area contributed by atoms with Crippen LogP contribution in [0.2, 0.25) is 0 Å². The van der Waals surface area contributed by atoms with E-state index >= 15 is 0 Å². The van der Waals surface area contributed by atoms with Crippen LogP contribution in [0.3, 0.4) is 0 Å². The number of aliphatic carboxylic acids is 1. The Labute approximate surface area is 154 Å². The Bertz CT molecular complexity index is 504. The largest absolute Gasteiger partial charge is 0.479 e. The van der Waals surface area contributed by atoms with Crippen LogP contribution in [-0.2, 0) is 28.9 Å². The standard InChI is InChI=1S/C16H30O9S/c1-2-3-4-5-6-7-8-9-10-11-12-24-16(20)14(13(17)15(18)19)25-26(21,22)23/h13-14,17H,2-12H2,1H3,(H,18,19)(H,21,22,23). The van der Waals surface area contributed by atoms with E-state index in [1.54, 1.807) is 0 Å². The van der Waals surface area contributed by atoms with Gasteiger partial charge in [0.2, 0.25) is 6.10 Å². The van der Waals surface area contributed by atoms with Crippen LogP contribution in [0, 0.1) is 0 Å². The van der Waals surface area contributed by atoms with E-state index in [1.807, 2.05) is 0 Å². The van der Waals surface area contributed by atoms with E-state index in [1.165, 1.54) is 32.1 Å². The molecule has 0 saturated carbocycles. The molecule has 0 spiro atoms. The van der Waals surface area contributed by atoms with Crippen molar-refractivity contribution in [3.05, 3.63) is 0 Å². The zero-order chi connectivity index (χ0) is 20.0. The van der Waals surface area contributed by atoms with Crippen molar-refractivity contribution in [2.24, 2.45) is 0 Å². The minimum atomic E-state index is -5.13. The molecule has 0 aromatic rings. The lowest BCUT2D eigenvalue weighted by molar-refractivity contribution is -0.167. The molecule has 0 aromatic carbocycles. The van der Waals surface area contributed by atoms with Gasteiger partial charge in [-0.15, -0.1) is 0 Å². The first-order valence-electron chi connectivity index (χ1n) is 8.92. The minimum absolute atomic E-state index is 0.0625. The summed E-state index contributed by atoms with van der Waals surface area (Å²) in [5.41, 5.74) is 0. The Kier molecular flexibility index (Phi) is 13.2. The maximum atomic E-state index is 11.7. The lowest BCUT2D eigenvalue weighted by Gasteiger charge is -2.17. The molecule has 0 bridgehead atoms. The van der Waals surface area contributed by atoms with Gasteiger partial charge in [0.25, 0.3) is 0 Å². The average molecular weight is 398 g/mol. The molecule has 2 unspecified atom stereocenters. The number of aliphatic hydroxyl groups excluding tert-OH is 1. The summed E-state index contributed by atoms with van der Waals surface area (Å²) in [4.78, 5) is 22.4. The van der Waals surface area contributed by atoms with Crippen molar-refractivity contribution >= 4 is 22.3 Å². The van der Waals surface area contributed by atoms with E-state index in [0.29, 0.717) is 6.42 Å². The predicted molar refractivity (Wildman–Crippen MR) is 92.9 cm³/mol. The highest BCUT2D eigenvalue weighted by molar-refractivity contribution is 7.80. The van der Waals surface area contributed by atoms with Crippen LogP contribution in [0.1, 0.15) is 71.1 Å². The molecule has 0 aliphatic rings. The first kappa shape index (κ1) is 24.8. The van der Waals surface area contributed by atoms with Gasteiger partial charge in [0.05, 0.1) is 6.61 Å². The first-order chi connectivity index (χ1) is 12.2. The van der Waals surface area contributed by atoms with Gasteiger partial charge in [0.15, 0.2) is 6.10 Å². The molecule has 26 heavy (non-hydrogen) atoms. The Morgan fingerprint density at radius 2 is 1.38 bits per heavy atom. The second-order valence-corrected chi connectivity index (χ2v) is 7.13. The molecule has 0 saturated heterocycles. The van der Waals surface area contributed by atoms with Crippen molar-refractivity contribution in [2.45, 2.75) is 83.3 Å². The fourth-order valence-corrected chi connectivity index (χ4v) is 2.77. The third-order valence-corrected chi connectivity index (χ3v) is 4.19. The lowest BCUT2D eigenvalue weighted by Crippen LogP contribution is -2.44. The monoisotopic (exact) mass is 398 g/mol. The van der Waals surface area contributed by atoms with Gasteiger partial charge < -0.3 is 14.9 Å². The van der Waals surface area contributed by atoms with E-state index in [2.05, 4.69) is 11.1 Å². The number of rotatable bonds is 16. The molecule has 0 fully saturated rings. The maximum Gasteiger partial charge on any atom is 0.398 e. The summed E-state index contributed by atoms with van der Waals surface area (Å²) in [7, 11) is -5.13. The van der Waals surface area contributed by atoms with Gasteiger partial charge >= 0.3 is 22.3 Å². The van der Waals surface area contributed by atoms with Gasteiger partial charge in [-0.05, 0) is 6.42 Å². The molecule has 0 rings (SSSR count). The molecule has 0 aromatic heterocycles. The fraction of sp³-hybridized carbons (Fsp3) is 0.875. The number of aliphatic hydroxyl groups is 1. The summed E-state index contributed by atoms with van der Waals surface area (Å²) in [5.74, 6) is -3.25. The third kappa shape index (κ3) is 13.0. The number of carboxylic acids is 1. The molecule has 0 aliphatic carbocycles. The molecule has 3 N–H and O–H groups in total. The zero-order valence-corrected chi connectivity index (χ0v) is 15.9. The number of carbonyl (C=O) groups is 2. The third-order valence-electron chi connectivity index (χ3n) is 3.74. The van der Waals surface area contributed by atoms with Crippen LogP contribution in [0.5, 0.6) is 0 Å². The molecular weight excluding hydrogens is 368 g/mol. The predicted octanol–water partition coefficient (Wildman–Crippen LogP) is 2.08. The smallest absolute Gasteiger partial charge is 0.398 e. The topological polar surface area (TPSA) is 147 Å². The highest BCUT2D eigenvalue weighted by Crippen LogP contribution is 2.11. The van der Waals surface area contributed by atoms with Crippen LogP contribution < -0.4 is 0 Å². The van der Waals surface area contributed by atoms with Gasteiger partial charge in [-0.25, -0.2) is 13.8 Å². The summed E-state index contributed by atoms with van der Waals surface area (Å²) in [6.45, 7) is 2.11. The van der Waals surface area contributed by atoms with Gasteiger partial charge in [-0.3, -0.25) is 4.55 Å². The van der Waals surface area contributed by atoms with Gasteiger partial charge in [0.1, 0.15) is 0 Å². The van der Waals surface area contributed by atoms with Crippen LogP contribution >= 0.6 is 0 Å². The molecule has 0 amide bonds. The van der Waals surface area contributed by atoms with Gasteiger partial charge in [-0.1, -0.05) is 64.7 Å². The van der Waals surface area contributed by atoms with Crippen LogP contribution in [0.4, 0.5) is 0 Å². The SMILES string of the molecule is CCCCCCCCCCCCOC(=O)C(OS(=O)(=O)O)C(O)C(=O)O. The minimum Gasteiger partial charge on any atom is -0.479 e. The molecule has 0 aliphatic heterocycles.